The highest BCUT2D eigenvalue weighted by atomic mass is 16.2. The van der Waals surface area contributed by atoms with Crippen LogP contribution in [0.5, 0.6) is 0 Å². The first-order valence-electron chi connectivity index (χ1n) is 4.91. The number of anilines is 2. The van der Waals surface area contributed by atoms with Crippen LogP contribution in [0.15, 0.2) is 18.2 Å². The molecular weight excluding hydrogens is 206 g/mol. The predicted octanol–water partition coefficient (Wildman–Crippen LogP) is -0.0392. The average molecular weight is 223 g/mol. The molecule has 0 aliphatic carbocycles. The molecule has 0 heterocycles. The summed E-state index contributed by atoms with van der Waals surface area (Å²) in [6, 6.07) is 4.98. The number of hydrogen-bond donors (Lipinski definition) is 4. The summed E-state index contributed by atoms with van der Waals surface area (Å²) in [5, 5.41) is 1.54. The Kier molecular flexibility index (Phi) is 3.70. The smallest absolute Gasteiger partial charge is 0.265 e. The number of hydrazine groups is 2. The third-order valence-electron chi connectivity index (χ3n) is 2.26. The molecule has 1 aromatic rings. The molecule has 0 fully saturated rings. The fraction of sp³-hybridized carbons (Fsp3) is 0.300. The fourth-order valence-corrected chi connectivity index (χ4v) is 1.29. The molecule has 1 amide bonds. The lowest BCUT2D eigenvalue weighted by atomic mass is 10.1. The molecule has 1 aromatic carbocycles. The van der Waals surface area contributed by atoms with Gasteiger partial charge in [0.15, 0.2) is 0 Å². The van der Waals surface area contributed by atoms with Crippen molar-refractivity contribution in [1.29, 1.82) is 0 Å². The topological polar surface area (TPSA) is 110 Å². The molecule has 6 nitrogen and oxygen atoms in total. The van der Waals surface area contributed by atoms with Crippen LogP contribution in [0.3, 0.4) is 0 Å². The molecule has 0 aromatic heterocycles. The summed E-state index contributed by atoms with van der Waals surface area (Å²) in [6.45, 7) is 3.89. The van der Waals surface area contributed by atoms with E-state index in [4.69, 9.17) is 17.4 Å². The van der Waals surface area contributed by atoms with Crippen LogP contribution in [0.1, 0.15) is 24.2 Å². The maximum atomic E-state index is 11.2. The first-order valence-corrected chi connectivity index (χ1v) is 4.91. The van der Waals surface area contributed by atoms with Crippen molar-refractivity contribution in [2.45, 2.75) is 19.9 Å². The van der Waals surface area contributed by atoms with E-state index in [0.717, 1.165) is 0 Å². The van der Waals surface area contributed by atoms with E-state index in [0.29, 0.717) is 16.9 Å². The summed E-state index contributed by atoms with van der Waals surface area (Å²) in [5.41, 5.74) is 9.38. The van der Waals surface area contributed by atoms with Crippen molar-refractivity contribution in [3.8, 4) is 0 Å². The van der Waals surface area contributed by atoms with Gasteiger partial charge in [0.05, 0.1) is 11.4 Å². The highest BCUT2D eigenvalue weighted by Gasteiger charge is 2.11. The van der Waals surface area contributed by atoms with Crippen molar-refractivity contribution in [2.24, 2.45) is 11.7 Å². The van der Waals surface area contributed by atoms with Crippen molar-refractivity contribution in [3.05, 3.63) is 23.8 Å². The van der Waals surface area contributed by atoms with E-state index in [1.807, 2.05) is 19.3 Å². The molecule has 0 atom stereocenters. The number of nitrogens with zero attached hydrogens (tertiary/aromatic N) is 1. The molecule has 0 radical (unpaired) electrons. The third-order valence-corrected chi connectivity index (χ3v) is 2.26. The van der Waals surface area contributed by atoms with Gasteiger partial charge in [0, 0.05) is 11.6 Å². The van der Waals surface area contributed by atoms with Crippen molar-refractivity contribution in [3.63, 3.8) is 0 Å². The molecule has 0 aliphatic heterocycles. The molecule has 0 saturated carbocycles. The molecule has 1 rings (SSSR count). The summed E-state index contributed by atoms with van der Waals surface area (Å²) in [4.78, 5) is 11.2. The Morgan fingerprint density at radius 3 is 2.50 bits per heavy atom. The zero-order chi connectivity index (χ0) is 12.3. The van der Waals surface area contributed by atoms with Crippen molar-refractivity contribution >= 4 is 17.3 Å². The minimum Gasteiger partial charge on any atom is -0.397 e. The lowest BCUT2D eigenvalue weighted by molar-refractivity contribution is 0.0953. The van der Waals surface area contributed by atoms with Crippen molar-refractivity contribution in [1.82, 2.24) is 5.43 Å². The molecule has 16 heavy (non-hydrogen) atoms. The fourth-order valence-electron chi connectivity index (χ4n) is 1.29. The Bertz CT molecular complexity index is 391. The molecule has 0 unspecified atom stereocenters. The van der Waals surface area contributed by atoms with Gasteiger partial charge in [-0.05, 0) is 32.0 Å². The van der Waals surface area contributed by atoms with Crippen LogP contribution in [0.4, 0.5) is 11.4 Å². The standard InChI is InChI=1S/C10H17N5O/c1-6(2)15(13)9-4-3-7(5-8(9)11)10(16)14-12/h3-6H,11-13H2,1-2H3,(H,14,16). The van der Waals surface area contributed by atoms with Crippen LogP contribution in [-0.2, 0) is 0 Å². The summed E-state index contributed by atoms with van der Waals surface area (Å²) in [6.07, 6.45) is 0. The van der Waals surface area contributed by atoms with Gasteiger partial charge in [-0.2, -0.15) is 0 Å². The Hall–Kier alpha value is -1.79. The highest BCUT2D eigenvalue weighted by molar-refractivity contribution is 5.95. The van der Waals surface area contributed by atoms with Crippen LogP contribution >= 0.6 is 0 Å². The van der Waals surface area contributed by atoms with Gasteiger partial charge in [0.1, 0.15) is 0 Å². The highest BCUT2D eigenvalue weighted by Crippen LogP contribution is 2.23. The van der Waals surface area contributed by atoms with E-state index >= 15 is 0 Å². The van der Waals surface area contributed by atoms with Gasteiger partial charge in [-0.15, -0.1) is 0 Å². The summed E-state index contributed by atoms with van der Waals surface area (Å²) in [7, 11) is 0. The normalized spacial score (nSPS) is 10.3. The number of nitrogens with two attached hydrogens (primary N) is 3. The van der Waals surface area contributed by atoms with E-state index in [1.165, 1.54) is 0 Å². The molecule has 0 spiro atoms. The van der Waals surface area contributed by atoms with Gasteiger partial charge in [-0.1, -0.05) is 0 Å². The maximum Gasteiger partial charge on any atom is 0.265 e. The first kappa shape index (κ1) is 12.3. The first-order chi connectivity index (χ1) is 7.47. The summed E-state index contributed by atoms with van der Waals surface area (Å²) < 4.78 is 0. The van der Waals surface area contributed by atoms with Crippen molar-refractivity contribution in [2.75, 3.05) is 10.7 Å². The van der Waals surface area contributed by atoms with E-state index in [2.05, 4.69) is 0 Å². The zero-order valence-corrected chi connectivity index (χ0v) is 9.40. The zero-order valence-electron chi connectivity index (χ0n) is 9.40. The molecule has 0 aliphatic rings. The summed E-state index contributed by atoms with van der Waals surface area (Å²) >= 11 is 0. The average Bonchev–Trinajstić information content (AvgIpc) is 2.26. The molecule has 0 bridgehead atoms. The molecule has 0 saturated heterocycles. The van der Waals surface area contributed by atoms with Gasteiger partial charge >= 0.3 is 0 Å². The number of carbonyl (C=O) groups is 1. The monoisotopic (exact) mass is 223 g/mol. The van der Waals surface area contributed by atoms with Crippen LogP contribution < -0.4 is 27.9 Å². The Morgan fingerprint density at radius 1 is 1.44 bits per heavy atom. The third kappa shape index (κ3) is 2.41. The largest absolute Gasteiger partial charge is 0.397 e. The second-order valence-electron chi connectivity index (χ2n) is 3.75. The quantitative estimate of drug-likeness (QED) is 0.249. The van der Waals surface area contributed by atoms with Gasteiger partial charge < -0.3 is 10.7 Å². The van der Waals surface area contributed by atoms with Crippen LogP contribution in [0.25, 0.3) is 0 Å². The molecule has 7 N–H and O–H groups in total. The Morgan fingerprint density at radius 2 is 2.06 bits per heavy atom. The maximum absolute atomic E-state index is 11.2. The van der Waals surface area contributed by atoms with Crippen LogP contribution in [-0.4, -0.2) is 11.9 Å². The van der Waals surface area contributed by atoms with E-state index < -0.39 is 0 Å². The van der Waals surface area contributed by atoms with Gasteiger partial charge in [-0.3, -0.25) is 10.2 Å². The van der Waals surface area contributed by atoms with E-state index in [9.17, 15) is 4.79 Å². The Balaban J connectivity index is 3.05. The number of benzene rings is 1. The van der Waals surface area contributed by atoms with Gasteiger partial charge in [0.2, 0.25) is 0 Å². The number of nitrogen functional groups attached to an aromatic ring is 2. The van der Waals surface area contributed by atoms with Crippen LogP contribution in [0, 0.1) is 0 Å². The van der Waals surface area contributed by atoms with Gasteiger partial charge in [0.25, 0.3) is 5.91 Å². The SMILES string of the molecule is CC(C)N(N)c1ccc(C(=O)NN)cc1N. The minimum absolute atomic E-state index is 0.122. The predicted molar refractivity (Wildman–Crippen MR) is 64.3 cm³/mol. The molecule has 6 heteroatoms. The summed E-state index contributed by atoms with van der Waals surface area (Å²) in [5.74, 6) is 10.5. The number of hydrogen-bond acceptors (Lipinski definition) is 5. The number of nitrogens with one attached hydrogen (secondary N) is 1. The molecule has 88 valence electrons. The lowest BCUT2D eigenvalue weighted by Gasteiger charge is -2.24. The van der Waals surface area contributed by atoms with Crippen molar-refractivity contribution < 1.29 is 4.79 Å². The van der Waals surface area contributed by atoms with Crippen LogP contribution in [0.2, 0.25) is 0 Å². The number of carbonyl (C=O) groups excluding carboxylic acids is 1. The number of amides is 1. The molecular formula is C10H17N5O. The number of rotatable bonds is 3. The van der Waals surface area contributed by atoms with Gasteiger partial charge in [-0.25, -0.2) is 11.7 Å². The second kappa shape index (κ2) is 4.82. The van der Waals surface area contributed by atoms with E-state index in [-0.39, 0.29) is 11.9 Å². The van der Waals surface area contributed by atoms with E-state index in [1.54, 1.807) is 23.2 Å². The minimum atomic E-state index is -0.383. The second-order valence-corrected chi connectivity index (χ2v) is 3.75. The Labute approximate surface area is 94.3 Å². The lowest BCUT2D eigenvalue weighted by Crippen LogP contribution is -2.38.